The molecule has 3 aliphatic heterocycles. The molecule has 12 nitrogen and oxygen atoms in total. The highest BCUT2D eigenvalue weighted by molar-refractivity contribution is 6.21. The summed E-state index contributed by atoms with van der Waals surface area (Å²) in [7, 11) is 0. The number of carbonyl (C=O) groups excluding carboxylic acids is 4. The van der Waals surface area contributed by atoms with E-state index >= 15 is 0 Å². The predicted octanol–water partition coefficient (Wildman–Crippen LogP) is 3.89. The van der Waals surface area contributed by atoms with Crippen molar-refractivity contribution in [3.63, 3.8) is 0 Å². The third kappa shape index (κ3) is 5.55. The maximum absolute atomic E-state index is 14.3. The minimum Gasteiger partial charge on any atom is -0.488 e. The summed E-state index contributed by atoms with van der Waals surface area (Å²) in [5.74, 6) is -2.81. The zero-order valence-electron chi connectivity index (χ0n) is 26.1. The van der Waals surface area contributed by atoms with Crippen LogP contribution < -0.4 is 4.74 Å². The Bertz CT molecular complexity index is 1730. The van der Waals surface area contributed by atoms with E-state index in [1.807, 2.05) is 18.2 Å². The molecule has 3 aromatic rings. The molecule has 0 bridgehead atoms. The third-order valence-corrected chi connectivity index (χ3v) is 9.98. The van der Waals surface area contributed by atoms with Crippen LogP contribution in [0, 0.1) is 18.8 Å². The normalized spacial score (nSPS) is 23.9. The van der Waals surface area contributed by atoms with Crippen molar-refractivity contribution < 1.29 is 38.3 Å². The topological polar surface area (TPSA) is 151 Å². The summed E-state index contributed by atoms with van der Waals surface area (Å²) >= 11 is 0. The van der Waals surface area contributed by atoms with Crippen LogP contribution in [0.25, 0.3) is 0 Å². The molecule has 47 heavy (non-hydrogen) atoms. The molecule has 1 saturated carbocycles. The fourth-order valence-corrected chi connectivity index (χ4v) is 7.63. The van der Waals surface area contributed by atoms with E-state index < -0.39 is 35.7 Å². The third-order valence-electron chi connectivity index (χ3n) is 9.98. The Balaban J connectivity index is 1.21. The van der Waals surface area contributed by atoms with Gasteiger partial charge in [-0.2, -0.15) is 0 Å². The summed E-state index contributed by atoms with van der Waals surface area (Å²) in [6, 6.07) is 13.1. The van der Waals surface area contributed by atoms with E-state index in [1.54, 1.807) is 47.1 Å². The van der Waals surface area contributed by atoms with Crippen molar-refractivity contribution in [2.75, 3.05) is 26.2 Å². The maximum atomic E-state index is 14.3. The van der Waals surface area contributed by atoms with Gasteiger partial charge in [-0.15, -0.1) is 0 Å². The number of aliphatic carboxylic acids is 1. The Morgan fingerprint density at radius 3 is 2.36 bits per heavy atom. The van der Waals surface area contributed by atoms with Crippen LogP contribution >= 0.6 is 0 Å². The van der Waals surface area contributed by atoms with E-state index in [-0.39, 0.29) is 30.2 Å². The Kier molecular flexibility index (Phi) is 8.03. The Hall–Kier alpha value is -5.00. The van der Waals surface area contributed by atoms with E-state index in [0.29, 0.717) is 73.5 Å². The Morgan fingerprint density at radius 2 is 1.68 bits per heavy atom. The molecule has 2 aromatic carbocycles. The van der Waals surface area contributed by atoms with Gasteiger partial charge >= 0.3 is 5.97 Å². The molecule has 4 aliphatic rings. The molecule has 244 valence electrons. The number of nitrogens with zero attached hydrogens (tertiary/aromatic N) is 4. The molecule has 0 spiro atoms. The number of hydrogen-bond donors (Lipinski definition) is 1. The summed E-state index contributed by atoms with van der Waals surface area (Å²) in [6.45, 7) is 2.72. The molecule has 4 amide bonds. The van der Waals surface area contributed by atoms with Crippen molar-refractivity contribution >= 4 is 29.6 Å². The zero-order chi connectivity index (χ0) is 32.8. The number of benzene rings is 2. The molecule has 7 rings (SSSR count). The van der Waals surface area contributed by atoms with E-state index in [9.17, 15) is 29.1 Å². The fraction of sp³-hybridized carbons (Fsp3) is 0.429. The van der Waals surface area contributed by atoms with Gasteiger partial charge in [-0.05, 0) is 49.9 Å². The first-order valence-corrected chi connectivity index (χ1v) is 16.2. The van der Waals surface area contributed by atoms with Crippen molar-refractivity contribution in [2.24, 2.45) is 11.8 Å². The van der Waals surface area contributed by atoms with Gasteiger partial charge in [0.05, 0.1) is 42.1 Å². The minimum absolute atomic E-state index is 0.100. The van der Waals surface area contributed by atoms with Crippen molar-refractivity contribution in [1.82, 2.24) is 19.9 Å². The first-order valence-electron chi connectivity index (χ1n) is 16.2. The van der Waals surface area contributed by atoms with Crippen LogP contribution in [0.5, 0.6) is 5.75 Å². The van der Waals surface area contributed by atoms with E-state index in [1.165, 1.54) is 4.90 Å². The highest BCUT2D eigenvalue weighted by atomic mass is 16.5. The number of carboxylic acids is 1. The van der Waals surface area contributed by atoms with Gasteiger partial charge in [-0.1, -0.05) is 42.3 Å². The second-order valence-electron chi connectivity index (χ2n) is 12.8. The van der Waals surface area contributed by atoms with Crippen LogP contribution in [-0.4, -0.2) is 86.8 Å². The molecular formula is C35H36N4O8. The lowest BCUT2D eigenvalue weighted by Crippen LogP contribution is -2.50. The Morgan fingerprint density at radius 1 is 0.957 bits per heavy atom. The van der Waals surface area contributed by atoms with Crippen LogP contribution in [-0.2, 0) is 16.0 Å². The lowest BCUT2D eigenvalue weighted by atomic mass is 9.77. The number of imide groups is 1. The van der Waals surface area contributed by atoms with Crippen LogP contribution in [0.1, 0.15) is 86.2 Å². The number of aryl methyl sites for hydroxylation is 1. The lowest BCUT2D eigenvalue weighted by molar-refractivity contribution is -0.153. The fourth-order valence-electron chi connectivity index (χ4n) is 7.63. The summed E-state index contributed by atoms with van der Waals surface area (Å²) in [5, 5.41) is 13.8. The van der Waals surface area contributed by atoms with Crippen LogP contribution in [0.4, 0.5) is 0 Å². The molecule has 1 aromatic heterocycles. The quantitative estimate of drug-likeness (QED) is 0.380. The number of carbonyl (C=O) groups is 5. The summed E-state index contributed by atoms with van der Waals surface area (Å²) < 4.78 is 11.7. The summed E-state index contributed by atoms with van der Waals surface area (Å²) in [5.41, 5.74) is 2.48. The van der Waals surface area contributed by atoms with Crippen LogP contribution in [0.3, 0.4) is 0 Å². The molecule has 4 atom stereocenters. The lowest BCUT2D eigenvalue weighted by Gasteiger charge is -2.42. The molecule has 1 aliphatic carbocycles. The first kappa shape index (κ1) is 30.6. The average molecular weight is 641 g/mol. The van der Waals surface area contributed by atoms with Gasteiger partial charge in [0.25, 0.3) is 17.7 Å². The molecule has 12 heteroatoms. The number of rotatable bonds is 7. The number of fused-ring (bicyclic) bond motifs is 2. The van der Waals surface area contributed by atoms with Gasteiger partial charge < -0.3 is 24.2 Å². The molecule has 1 saturated heterocycles. The van der Waals surface area contributed by atoms with Gasteiger partial charge in [0.2, 0.25) is 5.91 Å². The molecular weight excluding hydrogens is 604 g/mol. The largest absolute Gasteiger partial charge is 0.488 e. The smallest absolute Gasteiger partial charge is 0.307 e. The van der Waals surface area contributed by atoms with Crippen molar-refractivity contribution in [1.29, 1.82) is 0 Å². The minimum atomic E-state index is -0.984. The molecule has 4 heterocycles. The van der Waals surface area contributed by atoms with E-state index in [0.717, 1.165) is 18.4 Å². The standard InChI is InChI=1S/C35H36N4O8/c1-20-17-27(36-47-20)34(43)37-15-14-22(18-37)46-29-12-6-7-21-13-16-38(31(40)25-10-4-5-11-26(25)35(44)45)28(30(21)29)19-39-32(41)23-8-2-3-9-24(23)33(39)42/h2-3,6-9,12,17,22,25-26,28H,4-5,10-11,13-16,18-19H2,1H3,(H,44,45)/t22-,25?,26+,28+/m0/s1. The number of hydrogen-bond acceptors (Lipinski definition) is 8. The second kappa shape index (κ2) is 12.3. The average Bonchev–Trinajstić information content (AvgIpc) is 3.80. The van der Waals surface area contributed by atoms with Crippen LogP contribution in [0.2, 0.25) is 0 Å². The van der Waals surface area contributed by atoms with Gasteiger partial charge in [-0.3, -0.25) is 28.9 Å². The molecule has 2 fully saturated rings. The summed E-state index contributed by atoms with van der Waals surface area (Å²) in [4.78, 5) is 71.2. The van der Waals surface area contributed by atoms with Gasteiger partial charge in [-0.25, -0.2) is 0 Å². The van der Waals surface area contributed by atoms with E-state index in [2.05, 4.69) is 5.16 Å². The van der Waals surface area contributed by atoms with Crippen molar-refractivity contribution in [3.8, 4) is 5.75 Å². The highest BCUT2D eigenvalue weighted by Gasteiger charge is 2.45. The number of aromatic nitrogens is 1. The van der Waals surface area contributed by atoms with E-state index in [4.69, 9.17) is 9.26 Å². The number of carboxylic acid groups (broad SMARTS) is 1. The van der Waals surface area contributed by atoms with Crippen molar-refractivity contribution in [3.05, 3.63) is 82.2 Å². The predicted molar refractivity (Wildman–Crippen MR) is 166 cm³/mol. The SMILES string of the molecule is Cc1cc(C(=O)N2CC[C@H](Oc3cccc4c3[C@@H](CN3C(=O)c5ccccc5C3=O)N(C(=O)C3CCCC[C@H]3C(=O)O)CC4)C2)no1. The monoisotopic (exact) mass is 640 g/mol. The Labute approximate surface area is 271 Å². The molecule has 1 N–H and O–H groups in total. The number of ether oxygens (including phenoxy) is 1. The molecule has 0 radical (unpaired) electrons. The highest BCUT2D eigenvalue weighted by Crippen LogP contribution is 2.42. The maximum Gasteiger partial charge on any atom is 0.307 e. The van der Waals surface area contributed by atoms with Crippen molar-refractivity contribution in [2.45, 2.75) is 57.6 Å². The first-order chi connectivity index (χ1) is 22.7. The zero-order valence-corrected chi connectivity index (χ0v) is 26.1. The van der Waals surface area contributed by atoms with Gasteiger partial charge in [0.15, 0.2) is 5.69 Å². The second-order valence-corrected chi connectivity index (χ2v) is 12.8. The molecule has 1 unspecified atom stereocenters. The summed E-state index contributed by atoms with van der Waals surface area (Å²) in [6.07, 6.45) is 3.12. The van der Waals surface area contributed by atoms with Gasteiger partial charge in [0, 0.05) is 31.1 Å². The van der Waals surface area contributed by atoms with Crippen LogP contribution in [0.15, 0.2) is 53.1 Å². The number of amides is 4. The number of likely N-dealkylation sites (tertiary alicyclic amines) is 1. The van der Waals surface area contributed by atoms with Gasteiger partial charge in [0.1, 0.15) is 17.6 Å².